The molecule has 0 unspecified atom stereocenters. The van der Waals surface area contributed by atoms with E-state index in [2.05, 4.69) is 0 Å². The van der Waals surface area contributed by atoms with Crippen molar-refractivity contribution in [2.75, 3.05) is 18.0 Å². The molecule has 0 radical (unpaired) electrons. The van der Waals surface area contributed by atoms with Crippen LogP contribution in [0.3, 0.4) is 0 Å². The Bertz CT molecular complexity index is 994. The molecule has 1 aliphatic heterocycles. The molecule has 2 heterocycles. The van der Waals surface area contributed by atoms with Gasteiger partial charge < -0.3 is 20.3 Å². The Hall–Kier alpha value is -2.19. The second-order valence-electron chi connectivity index (χ2n) is 6.82. The van der Waals surface area contributed by atoms with Gasteiger partial charge in [-0.2, -0.15) is 0 Å². The van der Waals surface area contributed by atoms with Crippen molar-refractivity contribution < 1.29 is 18.7 Å². The molecule has 2 fully saturated rings. The first-order valence-corrected chi connectivity index (χ1v) is 8.62. The van der Waals surface area contributed by atoms with Crippen molar-refractivity contribution >= 4 is 34.2 Å². The number of alkyl halides is 1. The van der Waals surface area contributed by atoms with Gasteiger partial charge in [0.15, 0.2) is 0 Å². The molecule has 2 aliphatic rings. The standard InChI is InChI=1S/C17H16ClF2N3O3/c18-13-14-8(3-11(20)15(13)22-2-1-7(21)5-22)16(24)9(17(25)26)6-23(14)12-4-10(12)19/h3,6-7,10,12H,1-2,4-5,21H2,(H,25,26)/t7-,10+,12-/m0/s1. The number of nitrogens with zero attached hydrogens (tertiary/aromatic N) is 2. The van der Waals surface area contributed by atoms with E-state index in [1.807, 2.05) is 0 Å². The molecular formula is C17H16ClF2N3O3. The van der Waals surface area contributed by atoms with Gasteiger partial charge in [0.05, 0.1) is 27.7 Å². The van der Waals surface area contributed by atoms with Gasteiger partial charge in [-0.3, -0.25) is 4.79 Å². The number of rotatable bonds is 3. The second-order valence-corrected chi connectivity index (χ2v) is 7.19. The van der Waals surface area contributed by atoms with E-state index in [0.29, 0.717) is 19.5 Å². The number of nitrogens with two attached hydrogens (primary N) is 1. The minimum atomic E-state index is -1.45. The molecule has 1 saturated carbocycles. The summed E-state index contributed by atoms with van der Waals surface area (Å²) in [5.74, 6) is -2.18. The molecule has 0 bridgehead atoms. The SMILES string of the molecule is N[C@H]1CCN(c2c(F)cc3c(=O)c(C(=O)O)cn([C@H]4C[C@H]4F)c3c2Cl)C1. The molecule has 1 aromatic heterocycles. The Kier molecular flexibility index (Phi) is 3.92. The lowest BCUT2D eigenvalue weighted by Gasteiger charge is -2.23. The van der Waals surface area contributed by atoms with Crippen molar-refractivity contribution in [3.8, 4) is 0 Å². The summed E-state index contributed by atoms with van der Waals surface area (Å²) >= 11 is 6.45. The number of aromatic carboxylic acids is 1. The zero-order valence-electron chi connectivity index (χ0n) is 13.6. The van der Waals surface area contributed by atoms with Crippen LogP contribution in [-0.4, -0.2) is 40.9 Å². The predicted octanol–water partition coefficient (Wildman–Crippen LogP) is 2.31. The third-order valence-electron chi connectivity index (χ3n) is 4.99. The fourth-order valence-corrected chi connectivity index (χ4v) is 3.97. The predicted molar refractivity (Wildman–Crippen MR) is 93.5 cm³/mol. The monoisotopic (exact) mass is 383 g/mol. The number of hydrogen-bond donors (Lipinski definition) is 2. The smallest absolute Gasteiger partial charge is 0.341 e. The fraction of sp³-hybridized carbons (Fsp3) is 0.412. The molecule has 0 spiro atoms. The van der Waals surface area contributed by atoms with Crippen LogP contribution in [0.2, 0.25) is 5.02 Å². The average molecular weight is 384 g/mol. The fourth-order valence-electron chi connectivity index (χ4n) is 3.57. The van der Waals surface area contributed by atoms with E-state index in [1.54, 1.807) is 4.90 Å². The third-order valence-corrected chi connectivity index (χ3v) is 5.35. The number of carbonyl (C=O) groups is 1. The van der Waals surface area contributed by atoms with Crippen molar-refractivity contribution in [3.05, 3.63) is 38.9 Å². The summed E-state index contributed by atoms with van der Waals surface area (Å²) in [4.78, 5) is 25.6. The number of benzene rings is 1. The van der Waals surface area contributed by atoms with E-state index in [1.165, 1.54) is 4.57 Å². The van der Waals surface area contributed by atoms with Gasteiger partial charge in [-0.15, -0.1) is 0 Å². The number of pyridine rings is 1. The van der Waals surface area contributed by atoms with Crippen LogP contribution in [0.5, 0.6) is 0 Å². The molecule has 6 nitrogen and oxygen atoms in total. The molecule has 3 N–H and O–H groups in total. The highest BCUT2D eigenvalue weighted by Crippen LogP contribution is 2.44. The summed E-state index contributed by atoms with van der Waals surface area (Å²) < 4.78 is 29.8. The second kappa shape index (κ2) is 5.92. The molecule has 1 aromatic carbocycles. The zero-order valence-corrected chi connectivity index (χ0v) is 14.3. The maximum absolute atomic E-state index is 14.8. The number of halogens is 3. The molecule has 1 aliphatic carbocycles. The first-order chi connectivity index (χ1) is 12.3. The molecule has 2 aromatic rings. The Morgan fingerprint density at radius 2 is 2.12 bits per heavy atom. The van der Waals surface area contributed by atoms with Crippen LogP contribution in [0.4, 0.5) is 14.5 Å². The Morgan fingerprint density at radius 3 is 2.65 bits per heavy atom. The van der Waals surface area contributed by atoms with Crippen molar-refractivity contribution in [2.45, 2.75) is 31.1 Å². The van der Waals surface area contributed by atoms with Crippen molar-refractivity contribution in [1.29, 1.82) is 0 Å². The van der Waals surface area contributed by atoms with Crippen LogP contribution in [0.15, 0.2) is 17.1 Å². The van der Waals surface area contributed by atoms with Gasteiger partial charge in [0.25, 0.3) is 0 Å². The summed E-state index contributed by atoms with van der Waals surface area (Å²) in [6.45, 7) is 0.921. The van der Waals surface area contributed by atoms with E-state index in [9.17, 15) is 23.5 Å². The largest absolute Gasteiger partial charge is 0.477 e. The highest BCUT2D eigenvalue weighted by atomic mass is 35.5. The Morgan fingerprint density at radius 1 is 1.42 bits per heavy atom. The zero-order chi connectivity index (χ0) is 18.7. The quantitative estimate of drug-likeness (QED) is 0.849. The Labute approximate surface area is 151 Å². The lowest BCUT2D eigenvalue weighted by Crippen LogP contribution is -2.27. The number of carboxylic acid groups (broad SMARTS) is 1. The average Bonchev–Trinajstić information content (AvgIpc) is 3.14. The first-order valence-electron chi connectivity index (χ1n) is 8.24. The van der Waals surface area contributed by atoms with Crippen LogP contribution >= 0.6 is 11.6 Å². The maximum Gasteiger partial charge on any atom is 0.341 e. The molecule has 26 heavy (non-hydrogen) atoms. The van der Waals surface area contributed by atoms with Crippen LogP contribution in [0.1, 0.15) is 29.2 Å². The first kappa shape index (κ1) is 17.2. The molecule has 0 amide bonds. The number of hydrogen-bond acceptors (Lipinski definition) is 4. The lowest BCUT2D eigenvalue weighted by molar-refractivity contribution is 0.0694. The van der Waals surface area contributed by atoms with Gasteiger partial charge in [0.2, 0.25) is 5.43 Å². The molecule has 138 valence electrons. The number of aromatic nitrogens is 1. The highest BCUT2D eigenvalue weighted by molar-refractivity contribution is 6.38. The van der Waals surface area contributed by atoms with Gasteiger partial charge in [0, 0.05) is 31.7 Å². The molecule has 3 atom stereocenters. The molecule has 1 saturated heterocycles. The maximum atomic E-state index is 14.8. The normalized spacial score (nSPS) is 25.1. The van der Waals surface area contributed by atoms with Gasteiger partial charge in [-0.05, 0) is 12.5 Å². The van der Waals surface area contributed by atoms with Crippen molar-refractivity contribution in [3.63, 3.8) is 0 Å². The van der Waals surface area contributed by atoms with Gasteiger partial charge in [-0.25, -0.2) is 13.6 Å². The van der Waals surface area contributed by atoms with Crippen molar-refractivity contribution in [2.24, 2.45) is 5.73 Å². The van der Waals surface area contributed by atoms with Gasteiger partial charge >= 0.3 is 5.97 Å². The summed E-state index contributed by atoms with van der Waals surface area (Å²) in [5.41, 5.74) is 4.77. The van der Waals surface area contributed by atoms with E-state index in [0.717, 1.165) is 12.3 Å². The molecule has 4 rings (SSSR count). The summed E-state index contributed by atoms with van der Waals surface area (Å²) in [5, 5.41) is 9.06. The van der Waals surface area contributed by atoms with Crippen LogP contribution in [0, 0.1) is 5.82 Å². The number of anilines is 1. The Balaban J connectivity index is 2.03. The highest BCUT2D eigenvalue weighted by Gasteiger charge is 2.41. The molecule has 9 heteroatoms. The molecular weight excluding hydrogens is 368 g/mol. The number of carboxylic acids is 1. The lowest BCUT2D eigenvalue weighted by atomic mass is 10.1. The van der Waals surface area contributed by atoms with E-state index in [-0.39, 0.29) is 34.1 Å². The minimum Gasteiger partial charge on any atom is -0.477 e. The number of fused-ring (bicyclic) bond motifs is 1. The van der Waals surface area contributed by atoms with Crippen LogP contribution in [0.25, 0.3) is 10.9 Å². The van der Waals surface area contributed by atoms with E-state index < -0.39 is 35.0 Å². The summed E-state index contributed by atoms with van der Waals surface area (Å²) in [7, 11) is 0. The van der Waals surface area contributed by atoms with Crippen molar-refractivity contribution in [1.82, 2.24) is 4.57 Å². The third kappa shape index (κ3) is 2.55. The summed E-state index contributed by atoms with van der Waals surface area (Å²) in [6, 6.07) is 0.255. The summed E-state index contributed by atoms with van der Waals surface area (Å²) in [6.07, 6.45) is 0.801. The van der Waals surface area contributed by atoms with Gasteiger partial charge in [0.1, 0.15) is 17.6 Å². The van der Waals surface area contributed by atoms with E-state index in [4.69, 9.17) is 17.3 Å². The topological polar surface area (TPSA) is 88.6 Å². The van der Waals surface area contributed by atoms with Crippen LogP contribution < -0.4 is 16.1 Å². The van der Waals surface area contributed by atoms with Crippen LogP contribution in [-0.2, 0) is 0 Å². The van der Waals surface area contributed by atoms with Gasteiger partial charge in [-0.1, -0.05) is 11.6 Å². The minimum absolute atomic E-state index is 0.0257. The van der Waals surface area contributed by atoms with E-state index >= 15 is 0 Å².